The van der Waals surface area contributed by atoms with Gasteiger partial charge in [-0.05, 0) is 43.6 Å². The van der Waals surface area contributed by atoms with Crippen molar-refractivity contribution in [3.63, 3.8) is 0 Å². The summed E-state index contributed by atoms with van der Waals surface area (Å²) in [6.07, 6.45) is 7.36. The first-order valence-corrected chi connectivity index (χ1v) is 7.64. The van der Waals surface area contributed by atoms with Crippen molar-refractivity contribution in [3.8, 4) is 0 Å². The molecule has 2 aliphatic rings. The zero-order valence-electron chi connectivity index (χ0n) is 12.1. The molecule has 1 aromatic heterocycles. The molecule has 2 saturated carbocycles. The van der Waals surface area contributed by atoms with Crippen LogP contribution in [-0.4, -0.2) is 34.1 Å². The maximum Gasteiger partial charge on any atom is 0.225 e. The van der Waals surface area contributed by atoms with Crippen molar-refractivity contribution >= 4 is 5.91 Å². The second kappa shape index (κ2) is 5.56. The summed E-state index contributed by atoms with van der Waals surface area (Å²) >= 11 is 0. The summed E-state index contributed by atoms with van der Waals surface area (Å²) < 4.78 is 0. The van der Waals surface area contributed by atoms with Crippen LogP contribution in [0.3, 0.4) is 0 Å². The molecule has 1 aromatic rings. The number of aromatic amines is 1. The van der Waals surface area contributed by atoms with E-state index in [0.717, 1.165) is 18.5 Å². The summed E-state index contributed by atoms with van der Waals surface area (Å²) in [7, 11) is 1.88. The predicted octanol–water partition coefficient (Wildman–Crippen LogP) is 1.52. The van der Waals surface area contributed by atoms with Gasteiger partial charge in [0.2, 0.25) is 5.91 Å². The van der Waals surface area contributed by atoms with Gasteiger partial charge >= 0.3 is 0 Å². The van der Waals surface area contributed by atoms with Gasteiger partial charge in [0.1, 0.15) is 0 Å². The van der Waals surface area contributed by atoms with Crippen LogP contribution in [0.25, 0.3) is 0 Å². The zero-order valence-corrected chi connectivity index (χ0v) is 12.1. The number of rotatable bonds is 3. The highest BCUT2D eigenvalue weighted by atomic mass is 16.2. The van der Waals surface area contributed by atoms with E-state index in [1.807, 2.05) is 18.0 Å². The molecule has 0 aliphatic heterocycles. The highest BCUT2D eigenvalue weighted by molar-refractivity contribution is 5.78. The van der Waals surface area contributed by atoms with Gasteiger partial charge in [-0.15, -0.1) is 0 Å². The van der Waals surface area contributed by atoms with Gasteiger partial charge in [0, 0.05) is 25.2 Å². The summed E-state index contributed by atoms with van der Waals surface area (Å²) in [5, 5.41) is 6.83. The summed E-state index contributed by atoms with van der Waals surface area (Å²) in [6.45, 7) is 0.608. The first-order valence-electron chi connectivity index (χ1n) is 7.64. The molecule has 0 radical (unpaired) electrons. The van der Waals surface area contributed by atoms with Crippen LogP contribution in [0.4, 0.5) is 0 Å². The molecule has 5 nitrogen and oxygen atoms in total. The number of carbonyl (C=O) groups excluding carboxylic acids is 1. The van der Waals surface area contributed by atoms with Gasteiger partial charge < -0.3 is 10.6 Å². The Kier molecular flexibility index (Phi) is 3.78. The van der Waals surface area contributed by atoms with E-state index >= 15 is 0 Å². The highest BCUT2D eigenvalue weighted by Crippen LogP contribution is 2.42. The molecule has 5 heteroatoms. The van der Waals surface area contributed by atoms with E-state index in [1.54, 1.807) is 6.20 Å². The fourth-order valence-corrected chi connectivity index (χ4v) is 4.01. The maximum atomic E-state index is 12.6. The normalized spacial score (nSPS) is 32.9. The third-order valence-corrected chi connectivity index (χ3v) is 5.10. The van der Waals surface area contributed by atoms with Crippen molar-refractivity contribution in [2.24, 2.45) is 23.5 Å². The molecule has 2 aliphatic carbocycles. The first-order chi connectivity index (χ1) is 9.65. The summed E-state index contributed by atoms with van der Waals surface area (Å²) in [4.78, 5) is 14.4. The average Bonchev–Trinajstić information content (AvgIpc) is 2.90. The number of H-pyrrole nitrogens is 1. The molecule has 3 rings (SSSR count). The van der Waals surface area contributed by atoms with Gasteiger partial charge in [-0.1, -0.05) is 6.42 Å². The van der Waals surface area contributed by atoms with E-state index in [2.05, 4.69) is 10.2 Å². The third-order valence-electron chi connectivity index (χ3n) is 5.10. The monoisotopic (exact) mass is 276 g/mol. The fraction of sp³-hybridized carbons (Fsp3) is 0.733. The smallest absolute Gasteiger partial charge is 0.225 e. The van der Waals surface area contributed by atoms with E-state index in [0.29, 0.717) is 24.4 Å². The van der Waals surface area contributed by atoms with Crippen molar-refractivity contribution < 1.29 is 4.79 Å². The van der Waals surface area contributed by atoms with Crippen LogP contribution in [0.1, 0.15) is 37.8 Å². The van der Waals surface area contributed by atoms with Gasteiger partial charge in [0.25, 0.3) is 0 Å². The predicted molar refractivity (Wildman–Crippen MR) is 76.6 cm³/mol. The lowest BCUT2D eigenvalue weighted by atomic mass is 9.65. The summed E-state index contributed by atoms with van der Waals surface area (Å²) in [6, 6.07) is 2.24. The number of aromatic nitrogens is 2. The van der Waals surface area contributed by atoms with Gasteiger partial charge in [-0.2, -0.15) is 5.10 Å². The number of hydrogen-bond acceptors (Lipinski definition) is 3. The van der Waals surface area contributed by atoms with E-state index in [9.17, 15) is 4.79 Å². The van der Waals surface area contributed by atoms with E-state index in [-0.39, 0.29) is 11.8 Å². The van der Waals surface area contributed by atoms with Gasteiger partial charge in [0.15, 0.2) is 0 Å². The molecule has 1 amide bonds. The molecule has 20 heavy (non-hydrogen) atoms. The number of nitrogens with one attached hydrogen (secondary N) is 1. The lowest BCUT2D eigenvalue weighted by Crippen LogP contribution is -2.49. The Balaban J connectivity index is 1.62. The van der Waals surface area contributed by atoms with Gasteiger partial charge in [-0.3, -0.25) is 9.89 Å². The number of fused-ring (bicyclic) bond motifs is 2. The number of hydrogen-bond donors (Lipinski definition) is 2. The van der Waals surface area contributed by atoms with Crippen molar-refractivity contribution in [2.75, 3.05) is 7.05 Å². The minimum absolute atomic E-state index is 0.165. The fourth-order valence-electron chi connectivity index (χ4n) is 4.01. The van der Waals surface area contributed by atoms with Crippen molar-refractivity contribution in [1.82, 2.24) is 15.1 Å². The van der Waals surface area contributed by atoms with E-state index < -0.39 is 0 Å². The second-order valence-corrected chi connectivity index (χ2v) is 6.47. The zero-order chi connectivity index (χ0) is 14.1. The van der Waals surface area contributed by atoms with Gasteiger partial charge in [0.05, 0.1) is 12.2 Å². The average molecular weight is 276 g/mol. The first kappa shape index (κ1) is 13.6. The SMILES string of the molecule is CN(Cc1ccn[nH]1)C(=O)C1CC2CCCC(C1)C2N. The molecule has 1 heterocycles. The quantitative estimate of drug-likeness (QED) is 0.879. The van der Waals surface area contributed by atoms with Crippen LogP contribution in [-0.2, 0) is 11.3 Å². The molecule has 0 spiro atoms. The lowest BCUT2D eigenvalue weighted by molar-refractivity contribution is -0.137. The van der Waals surface area contributed by atoms with E-state index in [1.165, 1.54) is 19.3 Å². The minimum Gasteiger partial charge on any atom is -0.340 e. The molecule has 2 atom stereocenters. The molecule has 0 saturated heterocycles. The van der Waals surface area contributed by atoms with Crippen LogP contribution in [0.2, 0.25) is 0 Å². The molecular weight excluding hydrogens is 252 g/mol. The van der Waals surface area contributed by atoms with Crippen molar-refractivity contribution in [1.29, 1.82) is 0 Å². The molecule has 0 aromatic carbocycles. The molecule has 2 bridgehead atoms. The van der Waals surface area contributed by atoms with Crippen LogP contribution in [0.15, 0.2) is 12.3 Å². The Morgan fingerprint density at radius 1 is 1.45 bits per heavy atom. The van der Waals surface area contributed by atoms with Crippen molar-refractivity contribution in [2.45, 2.75) is 44.7 Å². The molecule has 2 fully saturated rings. The standard InChI is InChI=1S/C15H24N4O/c1-19(9-13-5-6-17-18-13)15(20)12-7-10-3-2-4-11(8-12)14(10)16/h5-6,10-12,14H,2-4,7-9,16H2,1H3,(H,17,18). The second-order valence-electron chi connectivity index (χ2n) is 6.47. The largest absolute Gasteiger partial charge is 0.340 e. The van der Waals surface area contributed by atoms with Crippen molar-refractivity contribution in [3.05, 3.63) is 18.0 Å². The Bertz CT molecular complexity index is 444. The van der Waals surface area contributed by atoms with Crippen LogP contribution in [0.5, 0.6) is 0 Å². The van der Waals surface area contributed by atoms with E-state index in [4.69, 9.17) is 5.73 Å². The number of nitrogens with two attached hydrogens (primary N) is 1. The Labute approximate surface area is 119 Å². The van der Waals surface area contributed by atoms with Crippen LogP contribution >= 0.6 is 0 Å². The number of nitrogens with zero attached hydrogens (tertiary/aromatic N) is 2. The Hall–Kier alpha value is -1.36. The number of carbonyl (C=O) groups is 1. The van der Waals surface area contributed by atoms with Crippen LogP contribution in [0, 0.1) is 17.8 Å². The number of amides is 1. The maximum absolute atomic E-state index is 12.6. The lowest BCUT2D eigenvalue weighted by Gasteiger charge is -2.44. The highest BCUT2D eigenvalue weighted by Gasteiger charge is 2.41. The summed E-state index contributed by atoms with van der Waals surface area (Å²) in [5.41, 5.74) is 7.27. The molecular formula is C15H24N4O. The topological polar surface area (TPSA) is 75.0 Å². The Morgan fingerprint density at radius 2 is 2.15 bits per heavy atom. The molecule has 2 unspecified atom stereocenters. The summed E-state index contributed by atoms with van der Waals surface area (Å²) in [5.74, 6) is 1.54. The molecule has 3 N–H and O–H groups in total. The van der Waals surface area contributed by atoms with Gasteiger partial charge in [-0.25, -0.2) is 0 Å². The minimum atomic E-state index is 0.165. The third kappa shape index (κ3) is 2.59. The van der Waals surface area contributed by atoms with Crippen LogP contribution < -0.4 is 5.73 Å². The Morgan fingerprint density at radius 3 is 2.75 bits per heavy atom. The molecule has 110 valence electrons.